The molecule has 0 aliphatic heterocycles. The van der Waals surface area contributed by atoms with E-state index in [-0.39, 0.29) is 25.6 Å². The number of aliphatic hydroxyl groups excluding tert-OH is 4. The molecule has 0 aliphatic rings. The van der Waals surface area contributed by atoms with Crippen LogP contribution in [-0.4, -0.2) is 73.7 Å². The van der Waals surface area contributed by atoms with Gasteiger partial charge in [0.1, 0.15) is 18.3 Å². The summed E-state index contributed by atoms with van der Waals surface area (Å²) >= 11 is 0. The van der Waals surface area contributed by atoms with E-state index >= 15 is 0 Å². The molecular weight excluding hydrogens is 248 g/mol. The van der Waals surface area contributed by atoms with E-state index < -0.39 is 24.4 Å². The van der Waals surface area contributed by atoms with Crippen LogP contribution in [0, 0.1) is 0 Å². The van der Waals surface area contributed by atoms with Gasteiger partial charge in [-0.2, -0.15) is 21.0 Å². The Labute approximate surface area is 102 Å². The van der Waals surface area contributed by atoms with E-state index in [1.807, 2.05) is 12.5 Å². The van der Waals surface area contributed by atoms with Crippen LogP contribution in [0.25, 0.3) is 0 Å². The van der Waals surface area contributed by atoms with Crippen molar-refractivity contribution in [2.45, 2.75) is 35.9 Å². The van der Waals surface area contributed by atoms with Crippen LogP contribution >= 0.6 is 21.0 Å². The summed E-state index contributed by atoms with van der Waals surface area (Å²) in [6, 6.07) is 0. The van der Waals surface area contributed by atoms with Gasteiger partial charge in [0.25, 0.3) is 0 Å². The van der Waals surface area contributed by atoms with E-state index in [1.165, 1.54) is 6.92 Å². The Morgan fingerprint density at radius 3 is 1.44 bits per heavy atom. The fourth-order valence-electron chi connectivity index (χ4n) is 1.40. The Kier molecular flexibility index (Phi) is 7.00. The third-order valence-corrected chi connectivity index (χ3v) is 6.38. The lowest BCUT2D eigenvalue weighted by molar-refractivity contribution is -0.0952. The monoisotopic (exact) mass is 270 g/mol. The van der Waals surface area contributed by atoms with Crippen molar-refractivity contribution in [2.75, 3.05) is 12.5 Å². The fourth-order valence-corrected chi connectivity index (χ4v) is 4.92. The van der Waals surface area contributed by atoms with Crippen LogP contribution in [0.5, 0.6) is 0 Å². The van der Waals surface area contributed by atoms with Gasteiger partial charge in [-0.25, -0.2) is 0 Å². The van der Waals surface area contributed by atoms with Gasteiger partial charge in [-0.15, -0.1) is 0 Å². The standard InChI is InChI=1S/C10H22O4S2/c1-6(11)7(12)8(13)9(14)10(15(2)3)16(4)5/h6-14H,2,4H2,1,3,5H3. The summed E-state index contributed by atoms with van der Waals surface area (Å²) < 4.78 is -0.275. The van der Waals surface area contributed by atoms with Crippen molar-refractivity contribution >= 4 is 32.7 Å². The first kappa shape index (κ1) is 16.3. The second kappa shape index (κ2) is 6.88. The summed E-state index contributed by atoms with van der Waals surface area (Å²) in [5.74, 6) is 7.69. The van der Waals surface area contributed by atoms with Crippen LogP contribution in [-0.2, 0) is 0 Å². The molecule has 0 heterocycles. The molecule has 0 aromatic carbocycles. The molecule has 0 radical (unpaired) electrons. The molecule has 6 unspecified atom stereocenters. The average molecular weight is 270 g/mol. The second-order valence-electron chi connectivity index (χ2n) is 3.96. The summed E-state index contributed by atoms with van der Waals surface area (Å²) in [7, 11) is -0.734. The molecule has 0 saturated carbocycles. The quantitative estimate of drug-likeness (QED) is 0.488. The Balaban J connectivity index is 4.80. The molecule has 98 valence electrons. The second-order valence-corrected chi connectivity index (χ2v) is 8.04. The van der Waals surface area contributed by atoms with Gasteiger partial charge in [-0.1, -0.05) is 11.7 Å². The number of hydrogen-bond donors (Lipinski definition) is 4. The van der Waals surface area contributed by atoms with E-state index in [1.54, 1.807) is 0 Å². The molecule has 0 amide bonds. The Morgan fingerprint density at radius 1 is 0.812 bits per heavy atom. The van der Waals surface area contributed by atoms with Gasteiger partial charge in [0.15, 0.2) is 0 Å². The molecule has 6 heteroatoms. The fraction of sp³-hybridized carbons (Fsp3) is 0.800. The van der Waals surface area contributed by atoms with Crippen molar-refractivity contribution in [3.63, 3.8) is 0 Å². The molecule has 0 aliphatic carbocycles. The number of aliphatic hydroxyl groups is 4. The maximum absolute atomic E-state index is 9.95. The first-order chi connectivity index (χ1) is 7.20. The topological polar surface area (TPSA) is 80.9 Å². The minimum atomic E-state index is -1.38. The zero-order valence-electron chi connectivity index (χ0n) is 9.91. The zero-order valence-corrected chi connectivity index (χ0v) is 11.5. The highest BCUT2D eigenvalue weighted by atomic mass is 32.2. The minimum Gasteiger partial charge on any atom is -0.391 e. The van der Waals surface area contributed by atoms with Crippen LogP contribution in [0.15, 0.2) is 0 Å². The van der Waals surface area contributed by atoms with Gasteiger partial charge >= 0.3 is 0 Å². The molecule has 0 aromatic heterocycles. The third-order valence-electron chi connectivity index (χ3n) is 2.27. The zero-order chi connectivity index (χ0) is 13.0. The van der Waals surface area contributed by atoms with Crippen LogP contribution in [0.2, 0.25) is 0 Å². The van der Waals surface area contributed by atoms with Crippen molar-refractivity contribution in [3.05, 3.63) is 0 Å². The van der Waals surface area contributed by atoms with E-state index in [4.69, 9.17) is 5.11 Å². The molecule has 0 rings (SSSR count). The predicted octanol–water partition coefficient (Wildman–Crippen LogP) is -0.563. The Bertz CT molecular complexity index is 254. The lowest BCUT2D eigenvalue weighted by Gasteiger charge is -2.31. The molecule has 6 atom stereocenters. The highest BCUT2D eigenvalue weighted by Crippen LogP contribution is 2.33. The van der Waals surface area contributed by atoms with Crippen LogP contribution < -0.4 is 0 Å². The molecule has 0 bridgehead atoms. The van der Waals surface area contributed by atoms with Crippen molar-refractivity contribution < 1.29 is 20.4 Å². The number of rotatable bonds is 6. The molecule has 4 nitrogen and oxygen atoms in total. The number of hydrogen-bond acceptors (Lipinski definition) is 4. The summed E-state index contributed by atoms with van der Waals surface area (Å²) in [6.07, 6.45) is -1.24. The smallest absolute Gasteiger partial charge is 0.110 e. The van der Waals surface area contributed by atoms with Gasteiger partial charge in [-0.3, -0.25) is 0 Å². The first-order valence-corrected chi connectivity index (χ1v) is 8.54. The summed E-state index contributed by atoms with van der Waals surface area (Å²) in [4.78, 5) is 0. The van der Waals surface area contributed by atoms with Gasteiger partial charge in [0.2, 0.25) is 0 Å². The van der Waals surface area contributed by atoms with Gasteiger partial charge in [-0.05, 0) is 19.4 Å². The maximum atomic E-state index is 9.95. The van der Waals surface area contributed by atoms with Crippen molar-refractivity contribution in [3.8, 4) is 0 Å². The minimum absolute atomic E-state index is 0.275. The molecule has 16 heavy (non-hydrogen) atoms. The van der Waals surface area contributed by atoms with Crippen molar-refractivity contribution in [2.24, 2.45) is 0 Å². The normalized spacial score (nSPS) is 25.2. The summed E-state index contributed by atoms with van der Waals surface area (Å²) in [5, 5.41) is 38.3. The third kappa shape index (κ3) is 4.27. The largest absolute Gasteiger partial charge is 0.391 e. The van der Waals surface area contributed by atoms with Crippen LogP contribution in [0.4, 0.5) is 0 Å². The summed E-state index contributed by atoms with van der Waals surface area (Å²) in [6.45, 7) is 1.36. The van der Waals surface area contributed by atoms with E-state index in [0.29, 0.717) is 0 Å². The van der Waals surface area contributed by atoms with Crippen molar-refractivity contribution in [1.29, 1.82) is 0 Å². The molecular formula is C10H22O4S2. The molecule has 0 fully saturated rings. The highest BCUT2D eigenvalue weighted by molar-refractivity contribution is 8.30. The lowest BCUT2D eigenvalue weighted by Crippen LogP contribution is -2.47. The average Bonchev–Trinajstić information content (AvgIpc) is 2.13. The molecule has 4 N–H and O–H groups in total. The van der Waals surface area contributed by atoms with Gasteiger partial charge < -0.3 is 20.4 Å². The predicted molar refractivity (Wildman–Crippen MR) is 74.8 cm³/mol. The van der Waals surface area contributed by atoms with E-state index in [2.05, 4.69) is 11.7 Å². The highest BCUT2D eigenvalue weighted by Gasteiger charge is 2.33. The Hall–Kier alpha value is 0.280. The van der Waals surface area contributed by atoms with Gasteiger partial charge in [0, 0.05) is 0 Å². The van der Waals surface area contributed by atoms with Crippen LogP contribution in [0.1, 0.15) is 6.92 Å². The maximum Gasteiger partial charge on any atom is 0.110 e. The lowest BCUT2D eigenvalue weighted by atomic mass is 10.1. The Morgan fingerprint density at radius 2 is 1.19 bits per heavy atom. The molecule has 0 saturated heterocycles. The SMILES string of the molecule is C=S(C)C(C(O)C(O)C(O)C(C)O)S(=C)C. The molecule has 0 aromatic rings. The van der Waals surface area contributed by atoms with Crippen LogP contribution in [0.3, 0.4) is 0 Å². The van der Waals surface area contributed by atoms with Crippen molar-refractivity contribution in [1.82, 2.24) is 0 Å². The van der Waals surface area contributed by atoms with E-state index in [9.17, 15) is 15.3 Å². The van der Waals surface area contributed by atoms with Gasteiger partial charge in [0.05, 0.1) is 10.7 Å². The first-order valence-electron chi connectivity index (χ1n) is 4.81. The summed E-state index contributed by atoms with van der Waals surface area (Å²) in [5.41, 5.74) is 0. The van der Waals surface area contributed by atoms with E-state index in [0.717, 1.165) is 0 Å². The molecule has 0 spiro atoms.